The minimum absolute atomic E-state index is 0.0362. The van der Waals surface area contributed by atoms with Gasteiger partial charge < -0.3 is 34.7 Å². The topological polar surface area (TPSA) is 184 Å². The van der Waals surface area contributed by atoms with E-state index in [-0.39, 0.29) is 43.9 Å². The molecule has 0 heterocycles. The third kappa shape index (κ3) is 17.7. The van der Waals surface area contributed by atoms with Crippen LogP contribution < -0.4 is 10.6 Å². The van der Waals surface area contributed by atoms with Gasteiger partial charge >= 0.3 is 48.7 Å². The van der Waals surface area contributed by atoms with Crippen LogP contribution in [0.2, 0.25) is 0 Å². The lowest BCUT2D eigenvalue weighted by Gasteiger charge is -2.25. The first-order valence-electron chi connectivity index (χ1n) is 21.2. The second kappa shape index (κ2) is 25.6. The molecule has 0 aliphatic heterocycles. The fraction of sp³-hybridized carbons (Fsp3) is 0.265. The summed E-state index contributed by atoms with van der Waals surface area (Å²) in [5.41, 5.74) is -9.83. The van der Waals surface area contributed by atoms with Crippen molar-refractivity contribution in [3.8, 4) is 0 Å². The van der Waals surface area contributed by atoms with Gasteiger partial charge in [-0.2, -0.15) is 52.7 Å². The largest absolute Gasteiger partial charge is 0.480 e. The number of ketones is 1. The average Bonchev–Trinajstić information content (AvgIpc) is 3.34. The summed E-state index contributed by atoms with van der Waals surface area (Å²) in [7, 11) is 0. The highest BCUT2D eigenvalue weighted by molar-refractivity contribution is 5.97. The fourth-order valence-corrected chi connectivity index (χ4v) is 6.47. The number of rotatable bonds is 18. The summed E-state index contributed by atoms with van der Waals surface area (Å²) in [6, 6.07) is 26.4. The van der Waals surface area contributed by atoms with E-state index in [1.165, 1.54) is 0 Å². The zero-order valence-corrected chi connectivity index (χ0v) is 38.0. The Bertz CT molecular complexity index is 2560. The number of hydrogen-bond donors (Lipinski definition) is 3. The maximum absolute atomic E-state index is 13.2. The molecular formula is C49H40F12N2O11. The van der Waals surface area contributed by atoms with E-state index in [0.717, 1.165) is 16.7 Å². The second-order valence-corrected chi connectivity index (χ2v) is 15.4. The molecule has 0 fully saturated rings. The van der Waals surface area contributed by atoms with Crippen molar-refractivity contribution in [3.05, 3.63) is 177 Å². The van der Waals surface area contributed by atoms with Crippen LogP contribution in [0.25, 0.3) is 0 Å². The summed E-state index contributed by atoms with van der Waals surface area (Å²) in [4.78, 5) is 73.4. The van der Waals surface area contributed by atoms with Crippen LogP contribution in [0.3, 0.4) is 0 Å². The number of halogens is 12. The molecule has 2 amide bonds. The Morgan fingerprint density at radius 3 is 1.22 bits per heavy atom. The van der Waals surface area contributed by atoms with Crippen LogP contribution in [-0.2, 0) is 77.7 Å². The van der Waals surface area contributed by atoms with Crippen molar-refractivity contribution in [3.63, 3.8) is 0 Å². The van der Waals surface area contributed by atoms with Gasteiger partial charge in [0.1, 0.15) is 12.6 Å². The first kappa shape index (κ1) is 58.6. The Hall–Kier alpha value is -7.96. The molecule has 74 heavy (non-hydrogen) atoms. The number of alkyl carbamates (subject to hydrolysis) is 1. The van der Waals surface area contributed by atoms with Gasteiger partial charge in [-0.05, 0) is 47.9 Å². The van der Waals surface area contributed by atoms with E-state index in [4.69, 9.17) is 9.47 Å². The molecule has 0 bridgehead atoms. The van der Waals surface area contributed by atoms with Crippen LogP contribution in [0, 0.1) is 0 Å². The molecule has 3 atom stereocenters. The summed E-state index contributed by atoms with van der Waals surface area (Å²) in [5, 5.41) is 14.8. The molecule has 0 aliphatic rings. The Labute approximate surface area is 411 Å². The molecule has 0 unspecified atom stereocenters. The van der Waals surface area contributed by atoms with Gasteiger partial charge in [-0.25, -0.2) is 19.2 Å². The third-order valence-corrected chi connectivity index (χ3v) is 9.98. The summed E-state index contributed by atoms with van der Waals surface area (Å²) in [6.07, 6.45) is -23.4. The van der Waals surface area contributed by atoms with Crippen LogP contribution in [0.5, 0.6) is 0 Å². The number of carbonyl (C=O) groups is 6. The number of nitrogens with one attached hydrogen (secondary N) is 2. The summed E-state index contributed by atoms with van der Waals surface area (Å²) < 4.78 is 177. The van der Waals surface area contributed by atoms with Gasteiger partial charge in [-0.3, -0.25) is 9.59 Å². The third-order valence-electron chi connectivity index (χ3n) is 9.98. The average molecular weight is 1060 g/mol. The van der Waals surface area contributed by atoms with E-state index >= 15 is 0 Å². The number of esters is 2. The molecule has 5 aromatic carbocycles. The fourth-order valence-electron chi connectivity index (χ4n) is 6.47. The molecule has 0 aromatic heterocycles. The highest BCUT2D eigenvalue weighted by Gasteiger charge is 2.45. The van der Waals surface area contributed by atoms with Gasteiger partial charge in [0.15, 0.2) is 19.3 Å². The first-order chi connectivity index (χ1) is 34.6. The van der Waals surface area contributed by atoms with E-state index < -0.39 is 125 Å². The van der Waals surface area contributed by atoms with Gasteiger partial charge in [0.25, 0.3) is 0 Å². The number of aliphatic carboxylic acids is 1. The van der Waals surface area contributed by atoms with E-state index in [1.807, 2.05) is 91.0 Å². The lowest BCUT2D eigenvalue weighted by atomic mass is 10.00. The van der Waals surface area contributed by atoms with Crippen molar-refractivity contribution in [1.29, 1.82) is 0 Å². The molecule has 0 saturated carbocycles. The zero-order chi connectivity index (χ0) is 55.0. The Morgan fingerprint density at radius 1 is 0.486 bits per heavy atom. The van der Waals surface area contributed by atoms with Gasteiger partial charge in [-0.1, -0.05) is 103 Å². The van der Waals surface area contributed by atoms with Gasteiger partial charge in [0.05, 0.1) is 46.1 Å². The van der Waals surface area contributed by atoms with Gasteiger partial charge in [0.2, 0.25) is 11.7 Å². The smallest absolute Gasteiger partial charge is 0.417 e. The monoisotopic (exact) mass is 1060 g/mol. The van der Waals surface area contributed by atoms with Crippen molar-refractivity contribution in [1.82, 2.24) is 10.6 Å². The highest BCUT2D eigenvalue weighted by atomic mass is 19.4. The maximum Gasteiger partial charge on any atom is 0.417 e. The SMILES string of the molecule is C[C@@H](OCc1ccccc1)[C@H](NC(=O)[C@H](Cc1ccccc1)NC(=O)OCc1ccccc1)C(=O)O.O=C(COC(=O)c1c(C(F)(F)F)cccc1C(F)(F)F)COC(=O)c1c(C(F)(F)F)cccc1C(F)(F)F. The minimum Gasteiger partial charge on any atom is -0.480 e. The predicted octanol–water partition coefficient (Wildman–Crippen LogP) is 10.0. The maximum atomic E-state index is 13.2. The van der Waals surface area contributed by atoms with Crippen molar-refractivity contribution in [2.24, 2.45) is 0 Å². The van der Waals surface area contributed by atoms with Gasteiger partial charge in [0, 0.05) is 6.42 Å². The number of Topliss-reactive ketones (excluding diaryl/α,β-unsaturated/α-hetero) is 1. The van der Waals surface area contributed by atoms with Crippen molar-refractivity contribution < 1.29 is 106 Å². The lowest BCUT2D eigenvalue weighted by Crippen LogP contribution is -2.55. The van der Waals surface area contributed by atoms with Crippen LogP contribution in [-0.4, -0.2) is 72.2 Å². The van der Waals surface area contributed by atoms with E-state index in [2.05, 4.69) is 20.1 Å². The summed E-state index contributed by atoms with van der Waals surface area (Å²) in [6.45, 7) is -1.49. The van der Waals surface area contributed by atoms with Crippen molar-refractivity contribution >= 4 is 35.7 Å². The standard InChI is InChI=1S/C28H30N2O6.C21H10F12O5/c1-20(35-18-22-13-7-3-8-14-22)25(27(32)33)30-26(31)24(17-21-11-5-2-6-12-21)29-28(34)36-19-23-15-9-4-10-16-23;22-18(23,24)10-3-1-4-11(19(25,26)27)14(10)16(35)37-7-9(34)8-38-17(36)15-12(20(28,29)30)5-2-6-13(15)21(31,32)33/h2-16,20,24-25H,17-19H2,1H3,(H,29,34)(H,30,31)(H,32,33);1-6H,7-8H2/t20-,24+,25+;/m1./s1. The molecule has 0 spiro atoms. The Balaban J connectivity index is 0.000000321. The normalized spacial score (nSPS) is 12.9. The number of hydrogen-bond acceptors (Lipinski definition) is 10. The second-order valence-electron chi connectivity index (χ2n) is 15.4. The highest BCUT2D eigenvalue weighted by Crippen LogP contribution is 2.41. The molecule has 5 aromatic rings. The summed E-state index contributed by atoms with van der Waals surface area (Å²) in [5.74, 6) is -8.08. The van der Waals surface area contributed by atoms with Crippen LogP contribution in [0.4, 0.5) is 57.5 Å². The van der Waals surface area contributed by atoms with Crippen molar-refractivity contribution in [2.75, 3.05) is 13.2 Å². The zero-order valence-electron chi connectivity index (χ0n) is 38.0. The number of benzene rings is 5. The molecule has 0 saturated heterocycles. The number of ether oxygens (including phenoxy) is 4. The lowest BCUT2D eigenvalue weighted by molar-refractivity contribution is -0.147. The Morgan fingerprint density at radius 2 is 0.851 bits per heavy atom. The quantitative estimate of drug-likeness (QED) is 0.0431. The molecule has 396 valence electrons. The number of carbonyl (C=O) groups excluding carboxylic acids is 5. The Kier molecular flexibility index (Phi) is 20.3. The molecule has 3 N–H and O–H groups in total. The molecule has 0 aliphatic carbocycles. The number of amides is 2. The summed E-state index contributed by atoms with van der Waals surface area (Å²) >= 11 is 0. The predicted molar refractivity (Wildman–Crippen MR) is 232 cm³/mol. The number of alkyl halides is 12. The van der Waals surface area contributed by atoms with Crippen LogP contribution in [0.15, 0.2) is 127 Å². The minimum atomic E-state index is -5.47. The molecule has 13 nitrogen and oxygen atoms in total. The van der Waals surface area contributed by atoms with Crippen molar-refractivity contribution in [2.45, 2.75) is 69.5 Å². The van der Waals surface area contributed by atoms with E-state index in [9.17, 15) is 86.6 Å². The molecule has 5 rings (SSSR count). The molecule has 0 radical (unpaired) electrons. The number of carboxylic acids is 1. The number of carboxylic acid groups (broad SMARTS) is 1. The van der Waals surface area contributed by atoms with E-state index in [0.29, 0.717) is 12.1 Å². The first-order valence-corrected chi connectivity index (χ1v) is 21.2. The van der Waals surface area contributed by atoms with Crippen LogP contribution in [0.1, 0.15) is 66.6 Å². The van der Waals surface area contributed by atoms with Gasteiger partial charge in [-0.15, -0.1) is 0 Å². The molecular weight excluding hydrogens is 1020 g/mol. The van der Waals surface area contributed by atoms with E-state index in [1.54, 1.807) is 6.92 Å². The van der Waals surface area contributed by atoms with Crippen LogP contribution >= 0.6 is 0 Å². The molecule has 25 heteroatoms.